The van der Waals surface area contributed by atoms with Crippen molar-refractivity contribution in [2.75, 3.05) is 13.7 Å². The molecule has 1 atom stereocenters. The SMILES string of the molecule is CCCCCOc1ccc(C2/C(=C(\O)c3cc(C)ccc3C)C(=O)C(=O)N2Cc2ccco2)cc1OC. The molecule has 2 aromatic carbocycles. The van der Waals surface area contributed by atoms with Crippen molar-refractivity contribution in [2.45, 2.75) is 52.6 Å². The van der Waals surface area contributed by atoms with Crippen LogP contribution >= 0.6 is 0 Å². The van der Waals surface area contributed by atoms with Gasteiger partial charge in [-0.25, -0.2) is 0 Å². The smallest absolute Gasteiger partial charge is 0.296 e. The highest BCUT2D eigenvalue weighted by atomic mass is 16.5. The molecule has 194 valence electrons. The Morgan fingerprint density at radius 3 is 2.57 bits per heavy atom. The Morgan fingerprint density at radius 2 is 1.86 bits per heavy atom. The van der Waals surface area contributed by atoms with E-state index in [1.165, 1.54) is 11.2 Å². The number of aliphatic hydroxyl groups excluding tert-OH is 1. The normalized spacial score (nSPS) is 16.9. The molecule has 1 aliphatic rings. The maximum atomic E-state index is 13.4. The van der Waals surface area contributed by atoms with Crippen LogP contribution in [-0.4, -0.2) is 35.4 Å². The van der Waals surface area contributed by atoms with Crippen LogP contribution in [0.3, 0.4) is 0 Å². The van der Waals surface area contributed by atoms with E-state index < -0.39 is 17.7 Å². The lowest BCUT2D eigenvalue weighted by Crippen LogP contribution is -2.29. The van der Waals surface area contributed by atoms with Gasteiger partial charge in [-0.15, -0.1) is 0 Å². The van der Waals surface area contributed by atoms with Crippen LogP contribution in [0.25, 0.3) is 5.76 Å². The van der Waals surface area contributed by atoms with Crippen molar-refractivity contribution in [1.29, 1.82) is 0 Å². The summed E-state index contributed by atoms with van der Waals surface area (Å²) in [5.41, 5.74) is 2.90. The lowest BCUT2D eigenvalue weighted by Gasteiger charge is -2.25. The monoisotopic (exact) mass is 503 g/mol. The summed E-state index contributed by atoms with van der Waals surface area (Å²) in [5.74, 6) is -0.0445. The fourth-order valence-corrected chi connectivity index (χ4v) is 4.60. The molecule has 1 saturated heterocycles. The predicted molar refractivity (Wildman–Crippen MR) is 140 cm³/mol. The van der Waals surface area contributed by atoms with Gasteiger partial charge >= 0.3 is 0 Å². The molecule has 0 saturated carbocycles. The first-order valence-electron chi connectivity index (χ1n) is 12.5. The Labute approximate surface area is 217 Å². The molecular weight excluding hydrogens is 470 g/mol. The first kappa shape index (κ1) is 26.1. The second-order valence-corrected chi connectivity index (χ2v) is 9.29. The number of ether oxygens (including phenoxy) is 2. The molecule has 0 bridgehead atoms. The number of carbonyl (C=O) groups excluding carboxylic acids is 2. The third-order valence-corrected chi connectivity index (χ3v) is 6.60. The Kier molecular flexibility index (Phi) is 8.01. The van der Waals surface area contributed by atoms with Crippen molar-refractivity contribution in [3.8, 4) is 11.5 Å². The topological polar surface area (TPSA) is 89.2 Å². The van der Waals surface area contributed by atoms with E-state index in [-0.39, 0.29) is 17.9 Å². The predicted octanol–water partition coefficient (Wildman–Crippen LogP) is 6.10. The number of nitrogens with zero attached hydrogens (tertiary/aromatic N) is 1. The van der Waals surface area contributed by atoms with Gasteiger partial charge in [0.05, 0.1) is 38.1 Å². The maximum absolute atomic E-state index is 13.4. The first-order chi connectivity index (χ1) is 17.8. The van der Waals surface area contributed by atoms with Gasteiger partial charge in [-0.3, -0.25) is 9.59 Å². The molecule has 2 heterocycles. The molecule has 1 fully saturated rings. The zero-order valence-electron chi connectivity index (χ0n) is 21.7. The van der Waals surface area contributed by atoms with Crippen LogP contribution in [0.5, 0.6) is 11.5 Å². The third kappa shape index (κ3) is 5.40. The van der Waals surface area contributed by atoms with Crippen LogP contribution in [0.4, 0.5) is 0 Å². The second-order valence-electron chi connectivity index (χ2n) is 9.29. The van der Waals surface area contributed by atoms with Crippen LogP contribution in [0.15, 0.2) is 64.8 Å². The molecule has 1 N–H and O–H groups in total. The lowest BCUT2D eigenvalue weighted by atomic mass is 9.93. The maximum Gasteiger partial charge on any atom is 0.296 e. The lowest BCUT2D eigenvalue weighted by molar-refractivity contribution is -0.140. The summed E-state index contributed by atoms with van der Waals surface area (Å²) in [4.78, 5) is 28.1. The van der Waals surface area contributed by atoms with E-state index in [2.05, 4.69) is 6.92 Å². The highest BCUT2D eigenvalue weighted by molar-refractivity contribution is 6.46. The van der Waals surface area contributed by atoms with Crippen LogP contribution in [0, 0.1) is 13.8 Å². The van der Waals surface area contributed by atoms with Gasteiger partial charge in [0.25, 0.3) is 11.7 Å². The van der Waals surface area contributed by atoms with Crippen molar-refractivity contribution < 1.29 is 28.6 Å². The summed E-state index contributed by atoms with van der Waals surface area (Å²) < 4.78 is 17.0. The zero-order chi connectivity index (χ0) is 26.5. The molecular formula is C30H33NO6. The van der Waals surface area contributed by atoms with Gasteiger partial charge < -0.3 is 23.9 Å². The fourth-order valence-electron chi connectivity index (χ4n) is 4.60. The summed E-state index contributed by atoms with van der Waals surface area (Å²) in [5, 5.41) is 11.4. The molecule has 0 spiro atoms. The Hall–Kier alpha value is -4.00. The van der Waals surface area contributed by atoms with Crippen molar-refractivity contribution >= 4 is 17.4 Å². The number of likely N-dealkylation sites (tertiary alicyclic amines) is 1. The number of ketones is 1. The first-order valence-corrected chi connectivity index (χ1v) is 12.5. The largest absolute Gasteiger partial charge is 0.507 e. The molecule has 37 heavy (non-hydrogen) atoms. The van der Waals surface area contributed by atoms with E-state index in [9.17, 15) is 14.7 Å². The number of benzene rings is 2. The Balaban J connectivity index is 1.82. The van der Waals surface area contributed by atoms with Gasteiger partial charge in [0.15, 0.2) is 11.5 Å². The van der Waals surface area contributed by atoms with Crippen LogP contribution < -0.4 is 9.47 Å². The number of aryl methyl sites for hydroxylation is 2. The fraction of sp³-hybridized carbons (Fsp3) is 0.333. The van der Waals surface area contributed by atoms with Gasteiger partial charge in [-0.2, -0.15) is 0 Å². The van der Waals surface area contributed by atoms with E-state index in [1.54, 1.807) is 37.4 Å². The molecule has 1 aliphatic heterocycles. The number of Topliss-reactive ketones (excluding diaryl/α,β-unsaturated/α-hetero) is 1. The minimum atomic E-state index is -0.840. The van der Waals surface area contributed by atoms with Crippen LogP contribution in [-0.2, 0) is 16.1 Å². The van der Waals surface area contributed by atoms with Gasteiger partial charge in [-0.05, 0) is 61.7 Å². The number of aliphatic hydroxyl groups is 1. The quantitative estimate of drug-likeness (QED) is 0.156. The average molecular weight is 504 g/mol. The molecule has 7 nitrogen and oxygen atoms in total. The number of methoxy groups -OCH3 is 1. The van der Waals surface area contributed by atoms with E-state index in [1.807, 2.05) is 32.0 Å². The number of hydrogen-bond donors (Lipinski definition) is 1. The van der Waals surface area contributed by atoms with E-state index in [4.69, 9.17) is 13.9 Å². The van der Waals surface area contributed by atoms with Crippen molar-refractivity contribution in [3.63, 3.8) is 0 Å². The van der Waals surface area contributed by atoms with Gasteiger partial charge in [0.1, 0.15) is 11.5 Å². The molecule has 1 aromatic heterocycles. The Morgan fingerprint density at radius 1 is 1.05 bits per heavy atom. The molecule has 3 aromatic rings. The molecule has 4 rings (SSSR count). The molecule has 7 heteroatoms. The minimum Gasteiger partial charge on any atom is -0.507 e. The number of furan rings is 1. The highest BCUT2D eigenvalue weighted by Crippen LogP contribution is 2.43. The van der Waals surface area contributed by atoms with Crippen LogP contribution in [0.2, 0.25) is 0 Å². The standard InChI is InChI=1S/C30H33NO6/c1-5-6-7-14-37-24-13-12-21(17-25(24)35-4)27-26(28(32)23-16-19(2)10-11-20(23)3)29(33)30(34)31(27)18-22-9-8-15-36-22/h8-13,15-17,27,32H,5-7,14,18H2,1-4H3/b28-26+. The van der Waals surface area contributed by atoms with Gasteiger partial charge in [0, 0.05) is 5.56 Å². The highest BCUT2D eigenvalue weighted by Gasteiger charge is 2.46. The minimum absolute atomic E-state index is 0.0314. The van der Waals surface area contributed by atoms with E-state index >= 15 is 0 Å². The molecule has 1 amide bonds. The summed E-state index contributed by atoms with van der Waals surface area (Å²) >= 11 is 0. The van der Waals surface area contributed by atoms with Gasteiger partial charge in [-0.1, -0.05) is 43.5 Å². The molecule has 0 radical (unpaired) electrons. The number of unbranched alkanes of at least 4 members (excludes halogenated alkanes) is 2. The summed E-state index contributed by atoms with van der Waals surface area (Å²) in [6.45, 7) is 6.53. The Bertz CT molecular complexity index is 1310. The van der Waals surface area contributed by atoms with Crippen LogP contribution in [0.1, 0.15) is 60.2 Å². The second kappa shape index (κ2) is 11.4. The van der Waals surface area contributed by atoms with E-state index in [0.717, 1.165) is 30.4 Å². The average Bonchev–Trinajstić information content (AvgIpc) is 3.50. The molecule has 0 aliphatic carbocycles. The number of hydrogen-bond acceptors (Lipinski definition) is 6. The summed E-state index contributed by atoms with van der Waals surface area (Å²) in [7, 11) is 1.55. The molecule has 1 unspecified atom stereocenters. The van der Waals surface area contributed by atoms with Crippen molar-refractivity contribution in [1.82, 2.24) is 4.90 Å². The number of carbonyl (C=O) groups is 2. The summed E-state index contributed by atoms with van der Waals surface area (Å²) in [6.07, 6.45) is 4.61. The number of rotatable bonds is 10. The van der Waals surface area contributed by atoms with Gasteiger partial charge in [0.2, 0.25) is 0 Å². The van der Waals surface area contributed by atoms with Crippen molar-refractivity contribution in [3.05, 3.63) is 88.4 Å². The van der Waals surface area contributed by atoms with E-state index in [0.29, 0.717) is 35.0 Å². The summed E-state index contributed by atoms with van der Waals surface area (Å²) in [6, 6.07) is 13.6. The van der Waals surface area contributed by atoms with Crippen molar-refractivity contribution in [2.24, 2.45) is 0 Å². The zero-order valence-corrected chi connectivity index (χ0v) is 21.7. The number of amides is 1. The third-order valence-electron chi connectivity index (χ3n) is 6.60.